The van der Waals surface area contributed by atoms with Gasteiger partial charge in [0.2, 0.25) is 0 Å². The first kappa shape index (κ1) is 10.6. The molecule has 1 aromatic heterocycles. The number of halogens is 1. The van der Waals surface area contributed by atoms with Gasteiger partial charge in [0.1, 0.15) is 5.69 Å². The summed E-state index contributed by atoms with van der Waals surface area (Å²) in [6.07, 6.45) is 3.87. The molecule has 1 saturated carbocycles. The van der Waals surface area contributed by atoms with Crippen LogP contribution in [0.25, 0.3) is 0 Å². The van der Waals surface area contributed by atoms with Gasteiger partial charge in [0, 0.05) is 16.7 Å². The molecule has 0 aliphatic heterocycles. The van der Waals surface area contributed by atoms with Crippen molar-refractivity contribution in [3.63, 3.8) is 0 Å². The molecule has 0 aromatic carbocycles. The number of hydrogen-bond acceptors (Lipinski definition) is 2. The first-order chi connectivity index (χ1) is 7.22. The summed E-state index contributed by atoms with van der Waals surface area (Å²) in [4.78, 5) is 15.8. The lowest BCUT2D eigenvalue weighted by Gasteiger charge is -2.04. The molecule has 1 aromatic rings. The summed E-state index contributed by atoms with van der Waals surface area (Å²) in [6.45, 7) is 2.15. The number of nitrogens with one attached hydrogen (secondary N) is 1. The number of amides is 1. The third kappa shape index (κ3) is 2.37. The Morgan fingerprint density at radius 2 is 2.53 bits per heavy atom. The van der Waals surface area contributed by atoms with Gasteiger partial charge in [0.05, 0.1) is 0 Å². The standard InChI is InChI=1S/C11H13BrN2O/c1-2-7-6-9(7)14-11(15)10-8(12)4-3-5-13-10/h3-5,7,9H,2,6H2,1H3,(H,14,15). The van der Waals surface area contributed by atoms with Crippen LogP contribution in [-0.2, 0) is 0 Å². The van der Waals surface area contributed by atoms with Crippen LogP contribution < -0.4 is 5.32 Å². The monoisotopic (exact) mass is 268 g/mol. The molecule has 4 heteroatoms. The highest BCUT2D eigenvalue weighted by Crippen LogP contribution is 2.33. The van der Waals surface area contributed by atoms with Crippen LogP contribution in [0, 0.1) is 5.92 Å². The number of pyridine rings is 1. The number of aromatic nitrogens is 1. The van der Waals surface area contributed by atoms with E-state index in [0.29, 0.717) is 17.7 Å². The second kappa shape index (κ2) is 4.31. The number of hydrogen-bond donors (Lipinski definition) is 1. The van der Waals surface area contributed by atoms with Crippen molar-refractivity contribution in [2.75, 3.05) is 0 Å². The number of carbonyl (C=O) groups excluding carboxylic acids is 1. The molecule has 0 radical (unpaired) electrons. The van der Waals surface area contributed by atoms with Crippen molar-refractivity contribution < 1.29 is 4.79 Å². The largest absolute Gasteiger partial charge is 0.348 e. The average Bonchev–Trinajstić information content (AvgIpc) is 2.97. The molecule has 80 valence electrons. The second-order valence-electron chi connectivity index (χ2n) is 3.82. The van der Waals surface area contributed by atoms with Crippen LogP contribution in [0.5, 0.6) is 0 Å². The maximum atomic E-state index is 11.8. The van der Waals surface area contributed by atoms with E-state index >= 15 is 0 Å². The molecule has 1 N–H and O–H groups in total. The Morgan fingerprint density at radius 1 is 1.73 bits per heavy atom. The maximum absolute atomic E-state index is 11.8. The fourth-order valence-electron chi connectivity index (χ4n) is 1.67. The topological polar surface area (TPSA) is 42.0 Å². The van der Waals surface area contributed by atoms with E-state index in [1.165, 1.54) is 0 Å². The zero-order valence-electron chi connectivity index (χ0n) is 8.53. The molecule has 1 fully saturated rings. The highest BCUT2D eigenvalue weighted by molar-refractivity contribution is 9.10. The van der Waals surface area contributed by atoms with Crippen LogP contribution in [0.15, 0.2) is 22.8 Å². The molecule has 1 aliphatic rings. The van der Waals surface area contributed by atoms with Gasteiger partial charge in [0.25, 0.3) is 5.91 Å². The van der Waals surface area contributed by atoms with Crippen LogP contribution >= 0.6 is 15.9 Å². The minimum absolute atomic E-state index is 0.0802. The number of rotatable bonds is 3. The van der Waals surface area contributed by atoms with Gasteiger partial charge in [-0.2, -0.15) is 0 Å². The first-order valence-electron chi connectivity index (χ1n) is 5.13. The zero-order chi connectivity index (χ0) is 10.8. The molecule has 1 amide bonds. The lowest BCUT2D eigenvalue weighted by atomic mass is 10.3. The Hall–Kier alpha value is -0.900. The van der Waals surface area contributed by atoms with Crippen molar-refractivity contribution in [2.45, 2.75) is 25.8 Å². The minimum atomic E-state index is -0.0802. The van der Waals surface area contributed by atoms with Crippen LogP contribution in [0.4, 0.5) is 0 Å². The lowest BCUT2D eigenvalue weighted by Crippen LogP contribution is -2.27. The molecule has 2 unspecified atom stereocenters. The molecule has 1 aliphatic carbocycles. The third-order valence-electron chi connectivity index (χ3n) is 2.74. The average molecular weight is 269 g/mol. The fraction of sp³-hybridized carbons (Fsp3) is 0.455. The number of carbonyl (C=O) groups is 1. The quantitative estimate of drug-likeness (QED) is 0.915. The first-order valence-corrected chi connectivity index (χ1v) is 5.93. The predicted octanol–water partition coefficient (Wildman–Crippen LogP) is 2.37. The smallest absolute Gasteiger partial charge is 0.271 e. The Bertz CT molecular complexity index is 381. The normalized spacial score (nSPS) is 23.6. The second-order valence-corrected chi connectivity index (χ2v) is 4.67. The molecule has 15 heavy (non-hydrogen) atoms. The van der Waals surface area contributed by atoms with Gasteiger partial charge in [-0.3, -0.25) is 4.79 Å². The summed E-state index contributed by atoms with van der Waals surface area (Å²) in [5, 5.41) is 2.98. The summed E-state index contributed by atoms with van der Waals surface area (Å²) < 4.78 is 0.746. The van der Waals surface area contributed by atoms with E-state index < -0.39 is 0 Å². The summed E-state index contributed by atoms with van der Waals surface area (Å²) >= 11 is 3.32. The van der Waals surface area contributed by atoms with Gasteiger partial charge < -0.3 is 5.32 Å². The highest BCUT2D eigenvalue weighted by Gasteiger charge is 2.36. The summed E-state index contributed by atoms with van der Waals surface area (Å²) in [5.74, 6) is 0.583. The van der Waals surface area contributed by atoms with Gasteiger partial charge >= 0.3 is 0 Å². The summed E-state index contributed by atoms with van der Waals surface area (Å²) in [7, 11) is 0. The Balaban J connectivity index is 2.00. The van der Waals surface area contributed by atoms with E-state index in [4.69, 9.17) is 0 Å². The fourth-order valence-corrected chi connectivity index (χ4v) is 2.10. The number of nitrogens with zero attached hydrogens (tertiary/aromatic N) is 1. The van der Waals surface area contributed by atoms with Gasteiger partial charge in [-0.15, -0.1) is 0 Å². The molecular weight excluding hydrogens is 256 g/mol. The van der Waals surface area contributed by atoms with Crippen molar-refractivity contribution in [3.8, 4) is 0 Å². The van der Waals surface area contributed by atoms with E-state index in [-0.39, 0.29) is 5.91 Å². The van der Waals surface area contributed by atoms with Crippen molar-refractivity contribution in [1.29, 1.82) is 0 Å². The van der Waals surface area contributed by atoms with Gasteiger partial charge in [0.15, 0.2) is 0 Å². The van der Waals surface area contributed by atoms with Crippen LogP contribution in [0.1, 0.15) is 30.3 Å². The Kier molecular flexibility index (Phi) is 3.05. The molecule has 1 heterocycles. The van der Waals surface area contributed by atoms with Crippen molar-refractivity contribution in [1.82, 2.24) is 10.3 Å². The van der Waals surface area contributed by atoms with Gasteiger partial charge in [-0.05, 0) is 40.4 Å². The van der Waals surface area contributed by atoms with E-state index in [1.807, 2.05) is 6.07 Å². The maximum Gasteiger partial charge on any atom is 0.271 e. The van der Waals surface area contributed by atoms with Crippen molar-refractivity contribution in [3.05, 3.63) is 28.5 Å². The van der Waals surface area contributed by atoms with Crippen LogP contribution in [0.3, 0.4) is 0 Å². The molecule has 0 bridgehead atoms. The molecule has 3 nitrogen and oxygen atoms in total. The van der Waals surface area contributed by atoms with E-state index in [9.17, 15) is 4.79 Å². The van der Waals surface area contributed by atoms with E-state index in [2.05, 4.69) is 33.2 Å². The molecule has 0 spiro atoms. The Labute approximate surface area is 97.4 Å². The zero-order valence-corrected chi connectivity index (χ0v) is 10.1. The van der Waals surface area contributed by atoms with Crippen LogP contribution in [0.2, 0.25) is 0 Å². The Morgan fingerprint density at radius 3 is 3.13 bits per heavy atom. The van der Waals surface area contributed by atoms with Gasteiger partial charge in [-0.1, -0.05) is 13.3 Å². The van der Waals surface area contributed by atoms with E-state index in [1.54, 1.807) is 12.3 Å². The van der Waals surface area contributed by atoms with Crippen LogP contribution in [-0.4, -0.2) is 16.9 Å². The third-order valence-corrected chi connectivity index (χ3v) is 3.38. The van der Waals surface area contributed by atoms with E-state index in [0.717, 1.165) is 17.3 Å². The molecule has 2 rings (SSSR count). The SMILES string of the molecule is CCC1CC1NC(=O)c1ncccc1Br. The lowest BCUT2D eigenvalue weighted by molar-refractivity contribution is 0.0943. The van der Waals surface area contributed by atoms with Gasteiger partial charge in [-0.25, -0.2) is 4.98 Å². The molecular formula is C11H13BrN2O. The summed E-state index contributed by atoms with van der Waals surface area (Å²) in [6, 6.07) is 3.98. The molecule has 2 atom stereocenters. The highest BCUT2D eigenvalue weighted by atomic mass is 79.9. The molecule has 0 saturated heterocycles. The predicted molar refractivity (Wildman–Crippen MR) is 61.6 cm³/mol. The van der Waals surface area contributed by atoms with Crippen molar-refractivity contribution in [2.24, 2.45) is 5.92 Å². The summed E-state index contributed by atoms with van der Waals surface area (Å²) in [5.41, 5.74) is 0.472. The minimum Gasteiger partial charge on any atom is -0.348 e. The van der Waals surface area contributed by atoms with Crippen molar-refractivity contribution >= 4 is 21.8 Å².